The number of amides is 2. The zero-order valence-corrected chi connectivity index (χ0v) is 15.5. The Labute approximate surface area is 160 Å². The molecule has 0 radical (unpaired) electrons. The van der Waals surface area contributed by atoms with Crippen molar-refractivity contribution in [1.29, 1.82) is 0 Å². The van der Waals surface area contributed by atoms with Crippen LogP contribution in [0.15, 0.2) is 35.7 Å². The van der Waals surface area contributed by atoms with E-state index < -0.39 is 11.9 Å². The topological polar surface area (TPSA) is 108 Å². The molecule has 3 rings (SSSR count). The third-order valence-electron chi connectivity index (χ3n) is 4.63. The molecule has 3 N–H and O–H groups in total. The summed E-state index contributed by atoms with van der Waals surface area (Å²) < 4.78 is 0. The molecule has 7 nitrogen and oxygen atoms in total. The van der Waals surface area contributed by atoms with Crippen LogP contribution in [0.1, 0.15) is 40.3 Å². The second kappa shape index (κ2) is 8.77. The van der Waals surface area contributed by atoms with E-state index in [1.807, 2.05) is 23.6 Å². The quantitative estimate of drug-likeness (QED) is 0.675. The summed E-state index contributed by atoms with van der Waals surface area (Å²) >= 11 is 1.42. The highest BCUT2D eigenvalue weighted by Gasteiger charge is 2.33. The largest absolute Gasteiger partial charge is 0.481 e. The van der Waals surface area contributed by atoms with Gasteiger partial charge in [-0.2, -0.15) is 0 Å². The molecule has 0 unspecified atom stereocenters. The fourth-order valence-corrected chi connectivity index (χ4v) is 3.86. The van der Waals surface area contributed by atoms with E-state index in [0.29, 0.717) is 37.9 Å². The lowest BCUT2D eigenvalue weighted by Gasteiger charge is -2.09. The maximum Gasteiger partial charge on any atom is 0.306 e. The van der Waals surface area contributed by atoms with Crippen LogP contribution in [0.2, 0.25) is 0 Å². The first-order valence-electron chi connectivity index (χ1n) is 8.80. The standard InChI is InChI=1S/C19H21N3O4S/c23-17(12-4-2-1-3-5-12)21-10-16-22-15(11-27-16)9-20-18(24)13-6-7-14(8-13)19(25)26/h1-5,11,13-14H,6-10H2,(H,20,24)(H,21,23)(H,25,26)/t13-,14+/m0/s1. The van der Waals surface area contributed by atoms with E-state index in [9.17, 15) is 14.4 Å². The number of carboxylic acids is 1. The van der Waals surface area contributed by atoms with Crippen LogP contribution in [0.5, 0.6) is 0 Å². The predicted octanol–water partition coefficient (Wildman–Crippen LogP) is 2.19. The van der Waals surface area contributed by atoms with Gasteiger partial charge in [0.2, 0.25) is 5.91 Å². The fraction of sp³-hybridized carbons (Fsp3) is 0.368. The van der Waals surface area contributed by atoms with Crippen molar-refractivity contribution in [2.75, 3.05) is 0 Å². The van der Waals surface area contributed by atoms with E-state index in [1.54, 1.807) is 12.1 Å². The fourth-order valence-electron chi connectivity index (χ4n) is 3.12. The smallest absolute Gasteiger partial charge is 0.306 e. The minimum atomic E-state index is -0.827. The number of nitrogens with zero attached hydrogens (tertiary/aromatic N) is 1. The Kier molecular flexibility index (Phi) is 6.18. The summed E-state index contributed by atoms with van der Waals surface area (Å²) in [7, 11) is 0. The van der Waals surface area contributed by atoms with E-state index in [4.69, 9.17) is 5.11 Å². The van der Waals surface area contributed by atoms with Gasteiger partial charge in [0.15, 0.2) is 0 Å². The van der Waals surface area contributed by atoms with Crippen molar-refractivity contribution < 1.29 is 19.5 Å². The number of benzene rings is 1. The molecule has 142 valence electrons. The molecule has 2 atom stereocenters. The Morgan fingerprint density at radius 3 is 2.52 bits per heavy atom. The average molecular weight is 387 g/mol. The van der Waals surface area contributed by atoms with E-state index >= 15 is 0 Å². The number of aromatic nitrogens is 1. The number of carbonyl (C=O) groups excluding carboxylic acids is 2. The van der Waals surface area contributed by atoms with Crippen molar-refractivity contribution >= 4 is 29.1 Å². The molecule has 0 spiro atoms. The number of thiazole rings is 1. The highest BCUT2D eigenvalue weighted by atomic mass is 32.1. The van der Waals surface area contributed by atoms with Gasteiger partial charge in [-0.05, 0) is 31.4 Å². The highest BCUT2D eigenvalue weighted by molar-refractivity contribution is 7.09. The Bertz CT molecular complexity index is 821. The summed E-state index contributed by atoms with van der Waals surface area (Å²) in [5.74, 6) is -1.76. The van der Waals surface area contributed by atoms with Crippen LogP contribution in [0.25, 0.3) is 0 Å². The minimum Gasteiger partial charge on any atom is -0.481 e. The molecule has 2 amide bonds. The van der Waals surface area contributed by atoms with Gasteiger partial charge in [0.05, 0.1) is 24.7 Å². The summed E-state index contributed by atoms with van der Waals surface area (Å²) in [6.45, 7) is 0.630. The molecule has 1 aromatic heterocycles. The van der Waals surface area contributed by atoms with Crippen molar-refractivity contribution in [3.8, 4) is 0 Å². The Morgan fingerprint density at radius 1 is 1.07 bits per heavy atom. The summed E-state index contributed by atoms with van der Waals surface area (Å²) in [4.78, 5) is 39.6. The van der Waals surface area contributed by atoms with Gasteiger partial charge in [-0.1, -0.05) is 18.2 Å². The Hall–Kier alpha value is -2.74. The molecule has 1 aromatic carbocycles. The lowest BCUT2D eigenvalue weighted by molar-refractivity contribution is -0.141. The van der Waals surface area contributed by atoms with E-state index in [0.717, 1.165) is 10.7 Å². The van der Waals surface area contributed by atoms with Gasteiger partial charge in [-0.15, -0.1) is 11.3 Å². The number of hydrogen-bond acceptors (Lipinski definition) is 5. The molecule has 0 saturated heterocycles. The minimum absolute atomic E-state index is 0.120. The van der Waals surface area contributed by atoms with Crippen molar-refractivity contribution in [1.82, 2.24) is 15.6 Å². The van der Waals surface area contributed by atoms with Gasteiger partial charge in [0.25, 0.3) is 5.91 Å². The van der Waals surface area contributed by atoms with Crippen molar-refractivity contribution in [3.63, 3.8) is 0 Å². The van der Waals surface area contributed by atoms with Gasteiger partial charge in [-0.25, -0.2) is 4.98 Å². The van der Waals surface area contributed by atoms with Crippen molar-refractivity contribution in [3.05, 3.63) is 52.0 Å². The number of aliphatic carboxylic acids is 1. The van der Waals surface area contributed by atoms with Crippen LogP contribution < -0.4 is 10.6 Å². The first-order chi connectivity index (χ1) is 13.0. The summed E-state index contributed by atoms with van der Waals surface area (Å²) in [6.07, 6.45) is 1.56. The zero-order valence-electron chi connectivity index (χ0n) is 14.7. The molecule has 1 saturated carbocycles. The van der Waals surface area contributed by atoms with Crippen LogP contribution in [-0.2, 0) is 22.7 Å². The summed E-state index contributed by atoms with van der Waals surface area (Å²) in [5, 5.41) is 17.3. The van der Waals surface area contributed by atoms with Crippen LogP contribution in [0.4, 0.5) is 0 Å². The third kappa shape index (κ3) is 5.13. The average Bonchev–Trinajstić information content (AvgIpc) is 3.34. The van der Waals surface area contributed by atoms with Crippen LogP contribution in [0, 0.1) is 11.8 Å². The lowest BCUT2D eigenvalue weighted by atomic mass is 10.0. The van der Waals surface area contributed by atoms with Gasteiger partial charge < -0.3 is 15.7 Å². The number of carbonyl (C=O) groups is 3. The molecule has 8 heteroatoms. The van der Waals surface area contributed by atoms with Crippen molar-refractivity contribution in [2.24, 2.45) is 11.8 Å². The van der Waals surface area contributed by atoms with Gasteiger partial charge >= 0.3 is 5.97 Å². The second-order valence-electron chi connectivity index (χ2n) is 6.54. The van der Waals surface area contributed by atoms with Gasteiger partial charge in [0.1, 0.15) is 5.01 Å². The Balaban J connectivity index is 1.44. The van der Waals surface area contributed by atoms with Gasteiger partial charge in [0, 0.05) is 16.9 Å². The van der Waals surface area contributed by atoms with E-state index in [-0.39, 0.29) is 17.7 Å². The normalized spacial score (nSPS) is 18.8. The number of hydrogen-bond donors (Lipinski definition) is 3. The molecular formula is C19H21N3O4S. The summed E-state index contributed by atoms with van der Waals surface area (Å²) in [5.41, 5.74) is 1.32. The third-order valence-corrected chi connectivity index (χ3v) is 5.53. The molecule has 1 fully saturated rings. The van der Waals surface area contributed by atoms with Crippen LogP contribution in [0.3, 0.4) is 0 Å². The molecule has 0 bridgehead atoms. The van der Waals surface area contributed by atoms with Crippen LogP contribution >= 0.6 is 11.3 Å². The first kappa shape index (κ1) is 19.0. The molecule has 2 aromatic rings. The SMILES string of the molecule is O=C(NCc1nc(CNC(=O)[C@H]2CC[C@@H](C(=O)O)C2)cs1)c1ccccc1. The Morgan fingerprint density at radius 2 is 1.81 bits per heavy atom. The molecule has 1 aliphatic carbocycles. The van der Waals surface area contributed by atoms with Gasteiger partial charge in [-0.3, -0.25) is 14.4 Å². The number of rotatable bonds is 7. The monoisotopic (exact) mass is 387 g/mol. The highest BCUT2D eigenvalue weighted by Crippen LogP contribution is 2.31. The van der Waals surface area contributed by atoms with E-state index in [2.05, 4.69) is 15.6 Å². The number of nitrogens with one attached hydrogen (secondary N) is 2. The lowest BCUT2D eigenvalue weighted by Crippen LogP contribution is -2.29. The first-order valence-corrected chi connectivity index (χ1v) is 9.68. The molecule has 27 heavy (non-hydrogen) atoms. The molecule has 1 aliphatic rings. The van der Waals surface area contributed by atoms with E-state index in [1.165, 1.54) is 11.3 Å². The van der Waals surface area contributed by atoms with Crippen molar-refractivity contribution in [2.45, 2.75) is 32.4 Å². The second-order valence-corrected chi connectivity index (χ2v) is 7.49. The molecule has 0 aliphatic heterocycles. The van der Waals surface area contributed by atoms with Crippen LogP contribution in [-0.4, -0.2) is 27.9 Å². The molecular weight excluding hydrogens is 366 g/mol. The zero-order chi connectivity index (χ0) is 19.2. The maximum atomic E-state index is 12.2. The summed E-state index contributed by atoms with van der Waals surface area (Å²) in [6, 6.07) is 8.96. The predicted molar refractivity (Wildman–Crippen MR) is 100 cm³/mol. The molecule has 1 heterocycles. The maximum absolute atomic E-state index is 12.2. The number of carboxylic acid groups (broad SMARTS) is 1.